The van der Waals surface area contributed by atoms with Crippen LogP contribution in [0.15, 0.2) is 24.3 Å². The lowest BCUT2D eigenvalue weighted by Crippen LogP contribution is -2.52. The van der Waals surface area contributed by atoms with Crippen molar-refractivity contribution >= 4 is 29.4 Å². The predicted molar refractivity (Wildman–Crippen MR) is 113 cm³/mol. The number of piperidine rings is 1. The minimum atomic E-state index is -0.922. The van der Waals surface area contributed by atoms with Crippen LogP contribution in [0.4, 0.5) is 4.79 Å². The zero-order valence-electron chi connectivity index (χ0n) is 18.0. The fourth-order valence-corrected chi connectivity index (χ4v) is 4.69. The van der Waals surface area contributed by atoms with E-state index in [9.17, 15) is 24.3 Å². The molecule has 31 heavy (non-hydrogen) atoms. The van der Waals surface area contributed by atoms with E-state index in [1.165, 1.54) is 9.80 Å². The van der Waals surface area contributed by atoms with Crippen molar-refractivity contribution in [2.45, 2.75) is 58.7 Å². The maximum Gasteiger partial charge on any atom is 0.407 e. The molecule has 2 unspecified atom stereocenters. The number of carboxylic acid groups (broad SMARTS) is 1. The predicted octanol–water partition coefficient (Wildman–Crippen LogP) is 2.63. The summed E-state index contributed by atoms with van der Waals surface area (Å²) in [4.78, 5) is 51.2. The van der Waals surface area contributed by atoms with Gasteiger partial charge in [0.15, 0.2) is 0 Å². The number of carbonyl (C=O) groups excluding carboxylic acids is 3. The highest BCUT2D eigenvalue weighted by atomic mass is 16.4. The minimum Gasteiger partial charge on any atom is -0.465 e. The number of hydrogen-bond acceptors (Lipinski definition) is 4. The Morgan fingerprint density at radius 3 is 2.55 bits per heavy atom. The topological polar surface area (TPSA) is 107 Å². The standard InChI is InChI=1S/C23H27N3O5/c1-23(2,3)18-11-14(8-9-25(18)22(30)31)13-4-5-16-15(10-13)12-26(21(16)29)17-6-7-19(27)24-20(17)28/h4-5,10-11,17-18H,6-9,12H2,1-3H3,(H,30,31)(H,24,27,28). The molecule has 8 heteroatoms. The number of hydrogen-bond donors (Lipinski definition) is 2. The van der Waals surface area contributed by atoms with Crippen LogP contribution >= 0.6 is 0 Å². The van der Waals surface area contributed by atoms with Crippen LogP contribution in [-0.2, 0) is 16.1 Å². The molecule has 0 aromatic heterocycles. The number of amides is 4. The summed E-state index contributed by atoms with van der Waals surface area (Å²) >= 11 is 0. The Kier molecular flexibility index (Phi) is 5.11. The number of benzene rings is 1. The third kappa shape index (κ3) is 3.82. The van der Waals surface area contributed by atoms with Gasteiger partial charge in [-0.25, -0.2) is 4.79 Å². The van der Waals surface area contributed by atoms with Gasteiger partial charge in [0.2, 0.25) is 11.8 Å². The molecule has 1 aromatic rings. The van der Waals surface area contributed by atoms with Crippen LogP contribution in [0.5, 0.6) is 0 Å². The molecule has 1 fully saturated rings. The zero-order valence-corrected chi connectivity index (χ0v) is 18.0. The molecule has 2 N–H and O–H groups in total. The highest BCUT2D eigenvalue weighted by Crippen LogP contribution is 2.36. The first kappa shape index (κ1) is 21.1. The number of fused-ring (bicyclic) bond motifs is 1. The Bertz CT molecular complexity index is 1010. The monoisotopic (exact) mass is 425 g/mol. The zero-order chi connectivity index (χ0) is 22.5. The molecular formula is C23H27N3O5. The van der Waals surface area contributed by atoms with Crippen molar-refractivity contribution in [1.82, 2.24) is 15.1 Å². The Morgan fingerprint density at radius 1 is 1.16 bits per heavy atom. The van der Waals surface area contributed by atoms with Gasteiger partial charge in [-0.1, -0.05) is 32.9 Å². The van der Waals surface area contributed by atoms with Gasteiger partial charge in [-0.3, -0.25) is 19.7 Å². The maximum atomic E-state index is 12.9. The number of nitrogens with one attached hydrogen (secondary N) is 1. The second-order valence-electron chi connectivity index (χ2n) is 9.50. The van der Waals surface area contributed by atoms with Gasteiger partial charge in [0.1, 0.15) is 6.04 Å². The summed E-state index contributed by atoms with van der Waals surface area (Å²) in [5.41, 5.74) is 3.20. The van der Waals surface area contributed by atoms with E-state index in [0.29, 0.717) is 31.5 Å². The normalized spacial score (nSPS) is 24.1. The van der Waals surface area contributed by atoms with E-state index >= 15 is 0 Å². The van der Waals surface area contributed by atoms with Crippen LogP contribution < -0.4 is 5.32 Å². The number of nitrogens with zero attached hydrogens (tertiary/aromatic N) is 2. The summed E-state index contributed by atoms with van der Waals surface area (Å²) in [5.74, 6) is -0.923. The molecule has 4 amide bonds. The van der Waals surface area contributed by atoms with E-state index in [-0.39, 0.29) is 29.7 Å². The molecular weight excluding hydrogens is 398 g/mol. The highest BCUT2D eigenvalue weighted by molar-refractivity contribution is 6.05. The summed E-state index contributed by atoms with van der Waals surface area (Å²) in [7, 11) is 0. The number of carbonyl (C=O) groups is 4. The molecule has 0 spiro atoms. The average Bonchev–Trinajstić information content (AvgIpc) is 3.02. The Labute approximate surface area is 180 Å². The average molecular weight is 425 g/mol. The van der Waals surface area contributed by atoms with Crippen molar-refractivity contribution < 1.29 is 24.3 Å². The van der Waals surface area contributed by atoms with Crippen molar-refractivity contribution in [1.29, 1.82) is 0 Å². The van der Waals surface area contributed by atoms with Crippen LogP contribution in [-0.4, -0.2) is 57.3 Å². The van der Waals surface area contributed by atoms with Crippen LogP contribution in [0.3, 0.4) is 0 Å². The lowest BCUT2D eigenvalue weighted by Gasteiger charge is -2.40. The molecule has 4 rings (SSSR count). The van der Waals surface area contributed by atoms with E-state index in [2.05, 4.69) is 5.32 Å². The van der Waals surface area contributed by atoms with Crippen molar-refractivity contribution in [2.75, 3.05) is 6.54 Å². The molecule has 3 aliphatic heterocycles. The molecule has 1 saturated heterocycles. The SMILES string of the molecule is CC(C)(C)C1C=C(c2ccc3c(c2)CN(C2CCC(=O)NC2=O)C3=O)CCN1C(=O)O. The van der Waals surface area contributed by atoms with Crippen LogP contribution in [0.25, 0.3) is 5.57 Å². The van der Waals surface area contributed by atoms with Crippen molar-refractivity contribution in [3.8, 4) is 0 Å². The largest absolute Gasteiger partial charge is 0.465 e. The molecule has 3 heterocycles. The van der Waals surface area contributed by atoms with Gasteiger partial charge >= 0.3 is 6.09 Å². The fraction of sp³-hybridized carbons (Fsp3) is 0.478. The van der Waals surface area contributed by atoms with E-state index in [0.717, 1.165) is 16.7 Å². The first-order valence-corrected chi connectivity index (χ1v) is 10.5. The molecule has 0 aliphatic carbocycles. The maximum absolute atomic E-state index is 12.9. The van der Waals surface area contributed by atoms with E-state index in [1.54, 1.807) is 6.07 Å². The van der Waals surface area contributed by atoms with Gasteiger partial charge in [0, 0.05) is 25.1 Å². The third-order valence-electron chi connectivity index (χ3n) is 6.34. The summed E-state index contributed by atoms with van der Waals surface area (Å²) in [6.45, 7) is 6.80. The van der Waals surface area contributed by atoms with E-state index in [4.69, 9.17) is 0 Å². The van der Waals surface area contributed by atoms with E-state index < -0.39 is 18.0 Å². The lowest BCUT2D eigenvalue weighted by atomic mass is 9.81. The van der Waals surface area contributed by atoms with Gasteiger partial charge in [0.05, 0.1) is 6.04 Å². The van der Waals surface area contributed by atoms with Gasteiger partial charge in [-0.15, -0.1) is 0 Å². The lowest BCUT2D eigenvalue weighted by molar-refractivity contribution is -0.136. The molecule has 2 atom stereocenters. The second kappa shape index (κ2) is 7.51. The summed E-state index contributed by atoms with van der Waals surface area (Å²) in [6, 6.07) is 4.77. The summed E-state index contributed by atoms with van der Waals surface area (Å²) < 4.78 is 0. The smallest absolute Gasteiger partial charge is 0.407 e. The van der Waals surface area contributed by atoms with Crippen LogP contribution in [0.1, 0.15) is 61.5 Å². The van der Waals surface area contributed by atoms with Crippen LogP contribution in [0.2, 0.25) is 0 Å². The quantitative estimate of drug-likeness (QED) is 0.709. The van der Waals surface area contributed by atoms with Gasteiger partial charge < -0.3 is 14.9 Å². The fourth-order valence-electron chi connectivity index (χ4n) is 4.69. The second-order valence-corrected chi connectivity index (χ2v) is 9.50. The minimum absolute atomic E-state index is 0.196. The number of imide groups is 1. The Balaban J connectivity index is 1.61. The molecule has 0 bridgehead atoms. The van der Waals surface area contributed by atoms with Crippen molar-refractivity contribution in [3.63, 3.8) is 0 Å². The number of rotatable bonds is 2. The molecule has 0 radical (unpaired) electrons. The van der Waals surface area contributed by atoms with E-state index in [1.807, 2.05) is 39.0 Å². The molecule has 164 valence electrons. The van der Waals surface area contributed by atoms with Crippen molar-refractivity contribution in [2.24, 2.45) is 5.41 Å². The first-order valence-electron chi connectivity index (χ1n) is 10.5. The molecule has 3 aliphatic rings. The molecule has 0 saturated carbocycles. The first-order chi connectivity index (χ1) is 14.6. The van der Waals surface area contributed by atoms with Crippen molar-refractivity contribution in [3.05, 3.63) is 41.0 Å². The highest BCUT2D eigenvalue weighted by Gasteiger charge is 2.39. The van der Waals surface area contributed by atoms with Crippen LogP contribution in [0, 0.1) is 5.41 Å². The third-order valence-corrected chi connectivity index (χ3v) is 6.34. The molecule has 1 aromatic carbocycles. The Morgan fingerprint density at radius 2 is 1.90 bits per heavy atom. The van der Waals surface area contributed by atoms with Gasteiger partial charge in [-0.05, 0) is 47.1 Å². The summed E-state index contributed by atoms with van der Waals surface area (Å²) in [5, 5.41) is 11.9. The molecule has 8 nitrogen and oxygen atoms in total. The van der Waals surface area contributed by atoms with Gasteiger partial charge in [-0.2, -0.15) is 0 Å². The Hall–Kier alpha value is -3.16. The summed E-state index contributed by atoms with van der Waals surface area (Å²) in [6.07, 6.45) is 2.26. The van der Waals surface area contributed by atoms with Gasteiger partial charge in [0.25, 0.3) is 5.91 Å².